The summed E-state index contributed by atoms with van der Waals surface area (Å²) in [5.41, 5.74) is 5.35. The van der Waals surface area contributed by atoms with Gasteiger partial charge in [-0.2, -0.15) is 0 Å². The van der Waals surface area contributed by atoms with Crippen molar-refractivity contribution in [3.05, 3.63) is 63.2 Å². The maximum absolute atomic E-state index is 12.6. The van der Waals surface area contributed by atoms with Crippen molar-refractivity contribution in [3.8, 4) is 0 Å². The molecule has 1 aliphatic rings. The number of hydrazine groups is 1. The van der Waals surface area contributed by atoms with E-state index in [1.54, 1.807) is 6.08 Å². The highest BCUT2D eigenvalue weighted by atomic mass is 127. The summed E-state index contributed by atoms with van der Waals surface area (Å²) in [4.78, 5) is 27.1. The van der Waals surface area contributed by atoms with Crippen LogP contribution in [0.1, 0.15) is 19.4 Å². The van der Waals surface area contributed by atoms with Crippen LogP contribution in [0, 0.1) is 3.57 Å². The van der Waals surface area contributed by atoms with Crippen LogP contribution in [0.3, 0.4) is 0 Å². The molecule has 1 N–H and O–H groups in total. The van der Waals surface area contributed by atoms with Crippen molar-refractivity contribution in [1.82, 2.24) is 5.43 Å². The lowest BCUT2D eigenvalue weighted by atomic mass is 10.1. The van der Waals surface area contributed by atoms with Crippen molar-refractivity contribution in [2.24, 2.45) is 0 Å². The number of hydrogen-bond acceptors (Lipinski definition) is 3. The molecule has 6 heteroatoms. The molecule has 2 aromatic rings. The van der Waals surface area contributed by atoms with Gasteiger partial charge in [0.1, 0.15) is 5.57 Å². The molecule has 3 rings (SSSR count). The van der Waals surface area contributed by atoms with Crippen LogP contribution in [0.2, 0.25) is 0 Å². The fraction of sp³-hybridized carbons (Fsp3) is 0.200. The molecular formula is C20H20IN3O2. The topological polar surface area (TPSA) is 52.7 Å². The molecule has 1 saturated heterocycles. The van der Waals surface area contributed by atoms with Gasteiger partial charge in [-0.3, -0.25) is 15.0 Å². The molecule has 5 nitrogen and oxygen atoms in total. The smallest absolute Gasteiger partial charge is 0.282 e. The van der Waals surface area contributed by atoms with E-state index in [1.807, 2.05) is 48.5 Å². The standard InChI is InChI=1S/C20H20IN3O2/c1-3-23(4-2)16-9-5-14(6-10-16)13-18-19(25)22-24(20(18)26)17-11-7-15(21)8-12-17/h5-13H,3-4H2,1-2H3,(H,22,25)/b18-13-. The van der Waals surface area contributed by atoms with Gasteiger partial charge in [-0.25, -0.2) is 5.01 Å². The van der Waals surface area contributed by atoms with Gasteiger partial charge >= 0.3 is 0 Å². The molecule has 2 amide bonds. The van der Waals surface area contributed by atoms with Crippen molar-refractivity contribution in [1.29, 1.82) is 0 Å². The summed E-state index contributed by atoms with van der Waals surface area (Å²) in [6, 6.07) is 15.3. The Morgan fingerprint density at radius 3 is 2.19 bits per heavy atom. The molecule has 0 atom stereocenters. The Morgan fingerprint density at radius 2 is 1.62 bits per heavy atom. The number of nitrogens with one attached hydrogen (secondary N) is 1. The Morgan fingerprint density at radius 1 is 1.00 bits per heavy atom. The SMILES string of the molecule is CCN(CC)c1ccc(/C=C2/C(=O)NN(c3ccc(I)cc3)C2=O)cc1. The molecule has 0 unspecified atom stereocenters. The summed E-state index contributed by atoms with van der Waals surface area (Å²) >= 11 is 2.20. The number of amides is 2. The van der Waals surface area contributed by atoms with E-state index < -0.39 is 0 Å². The van der Waals surface area contributed by atoms with Crippen molar-refractivity contribution >= 4 is 51.9 Å². The third-order valence-electron chi connectivity index (χ3n) is 4.31. The van der Waals surface area contributed by atoms with Gasteiger partial charge in [0.05, 0.1) is 5.69 Å². The number of hydrogen-bond donors (Lipinski definition) is 1. The molecule has 0 aliphatic carbocycles. The number of halogens is 1. The average molecular weight is 461 g/mol. The van der Waals surface area contributed by atoms with E-state index >= 15 is 0 Å². The molecule has 1 heterocycles. The first kappa shape index (κ1) is 18.4. The highest BCUT2D eigenvalue weighted by molar-refractivity contribution is 14.1. The Kier molecular flexibility index (Phi) is 5.61. The molecular weight excluding hydrogens is 441 g/mol. The van der Waals surface area contributed by atoms with Gasteiger partial charge in [0.15, 0.2) is 0 Å². The largest absolute Gasteiger partial charge is 0.372 e. The van der Waals surface area contributed by atoms with Crippen molar-refractivity contribution in [3.63, 3.8) is 0 Å². The molecule has 0 spiro atoms. The van der Waals surface area contributed by atoms with Crippen LogP contribution in [0.25, 0.3) is 6.08 Å². The zero-order valence-corrected chi connectivity index (χ0v) is 16.9. The third kappa shape index (κ3) is 3.75. The van der Waals surface area contributed by atoms with Crippen LogP contribution in [0.5, 0.6) is 0 Å². The van der Waals surface area contributed by atoms with Crippen LogP contribution >= 0.6 is 22.6 Å². The first-order valence-corrected chi connectivity index (χ1v) is 9.59. The first-order valence-electron chi connectivity index (χ1n) is 8.51. The van der Waals surface area contributed by atoms with Gasteiger partial charge in [-0.15, -0.1) is 0 Å². The second kappa shape index (κ2) is 7.90. The van der Waals surface area contributed by atoms with Gasteiger partial charge in [0.2, 0.25) is 0 Å². The molecule has 134 valence electrons. The minimum Gasteiger partial charge on any atom is -0.372 e. The minimum absolute atomic E-state index is 0.138. The second-order valence-electron chi connectivity index (χ2n) is 5.88. The monoisotopic (exact) mass is 461 g/mol. The van der Waals surface area contributed by atoms with Crippen molar-refractivity contribution < 1.29 is 9.59 Å². The molecule has 0 bridgehead atoms. The summed E-state index contributed by atoms with van der Waals surface area (Å²) in [6.07, 6.45) is 1.64. The fourth-order valence-electron chi connectivity index (χ4n) is 2.87. The predicted molar refractivity (Wildman–Crippen MR) is 113 cm³/mol. The Bertz CT molecular complexity index is 840. The molecule has 0 saturated carbocycles. The first-order chi connectivity index (χ1) is 12.5. The van der Waals surface area contributed by atoms with Gasteiger partial charge in [0, 0.05) is 22.3 Å². The number of carbonyl (C=O) groups excluding carboxylic acids is 2. The zero-order valence-electron chi connectivity index (χ0n) is 14.7. The highest BCUT2D eigenvalue weighted by Crippen LogP contribution is 2.23. The van der Waals surface area contributed by atoms with Crippen LogP contribution in [0.15, 0.2) is 54.1 Å². The second-order valence-corrected chi connectivity index (χ2v) is 7.13. The maximum Gasteiger partial charge on any atom is 0.282 e. The van der Waals surface area contributed by atoms with E-state index in [1.165, 1.54) is 5.01 Å². The predicted octanol–water partition coefficient (Wildman–Crippen LogP) is 3.60. The molecule has 0 radical (unpaired) electrons. The van der Waals surface area contributed by atoms with Crippen molar-refractivity contribution in [2.45, 2.75) is 13.8 Å². The lowest BCUT2D eigenvalue weighted by Crippen LogP contribution is -2.35. The van der Waals surface area contributed by atoms with Crippen LogP contribution in [-0.2, 0) is 9.59 Å². The fourth-order valence-corrected chi connectivity index (χ4v) is 3.23. The summed E-state index contributed by atoms with van der Waals surface area (Å²) in [5, 5.41) is 1.29. The van der Waals surface area contributed by atoms with E-state index in [9.17, 15) is 9.59 Å². The minimum atomic E-state index is -0.388. The normalized spacial score (nSPS) is 15.5. The Balaban J connectivity index is 1.83. The summed E-state index contributed by atoms with van der Waals surface area (Å²) in [6.45, 7) is 6.09. The van der Waals surface area contributed by atoms with E-state index in [0.29, 0.717) is 5.69 Å². The van der Waals surface area contributed by atoms with E-state index in [0.717, 1.165) is 27.9 Å². The van der Waals surface area contributed by atoms with Gasteiger partial charge in [0.25, 0.3) is 11.8 Å². The number of carbonyl (C=O) groups is 2. The number of nitrogens with zero attached hydrogens (tertiary/aromatic N) is 2. The maximum atomic E-state index is 12.6. The average Bonchev–Trinajstić information content (AvgIpc) is 2.93. The number of benzene rings is 2. The lowest BCUT2D eigenvalue weighted by Gasteiger charge is -2.20. The summed E-state index contributed by atoms with van der Waals surface area (Å²) in [5.74, 6) is -0.731. The Labute approximate surface area is 166 Å². The van der Waals surface area contributed by atoms with Gasteiger partial charge < -0.3 is 4.90 Å². The molecule has 1 fully saturated rings. The highest BCUT2D eigenvalue weighted by Gasteiger charge is 2.34. The van der Waals surface area contributed by atoms with Gasteiger partial charge in [-0.1, -0.05) is 12.1 Å². The third-order valence-corrected chi connectivity index (χ3v) is 5.03. The van der Waals surface area contributed by atoms with E-state index in [4.69, 9.17) is 0 Å². The van der Waals surface area contributed by atoms with E-state index in [-0.39, 0.29) is 17.4 Å². The lowest BCUT2D eigenvalue weighted by molar-refractivity contribution is -0.117. The quantitative estimate of drug-likeness (QED) is 0.421. The molecule has 2 aromatic carbocycles. The van der Waals surface area contributed by atoms with E-state index in [2.05, 4.69) is 46.8 Å². The van der Waals surface area contributed by atoms with Crippen LogP contribution < -0.4 is 15.3 Å². The molecule has 26 heavy (non-hydrogen) atoms. The Hall–Kier alpha value is -2.35. The summed E-state index contributed by atoms with van der Waals surface area (Å²) < 4.78 is 1.06. The van der Waals surface area contributed by atoms with Crippen molar-refractivity contribution in [2.75, 3.05) is 23.0 Å². The number of anilines is 2. The molecule has 1 aliphatic heterocycles. The zero-order chi connectivity index (χ0) is 18.7. The number of rotatable bonds is 5. The van der Waals surface area contributed by atoms with Crippen LogP contribution in [-0.4, -0.2) is 24.9 Å². The summed E-state index contributed by atoms with van der Waals surface area (Å²) in [7, 11) is 0. The van der Waals surface area contributed by atoms with Crippen LogP contribution in [0.4, 0.5) is 11.4 Å². The molecule has 0 aromatic heterocycles. The van der Waals surface area contributed by atoms with Gasteiger partial charge in [-0.05, 0) is 84.5 Å².